The minimum absolute atomic E-state index is 0.897. The Bertz CT molecular complexity index is 3320. The van der Waals surface area contributed by atoms with Gasteiger partial charge in [-0.15, -0.1) is 0 Å². The van der Waals surface area contributed by atoms with Gasteiger partial charge in [-0.05, 0) is 97.6 Å². The molecule has 0 fully saturated rings. The van der Waals surface area contributed by atoms with Gasteiger partial charge < -0.3 is 8.98 Å². The first-order valence-electron chi connectivity index (χ1n) is 19.3. The molecule has 56 heavy (non-hydrogen) atoms. The summed E-state index contributed by atoms with van der Waals surface area (Å²) in [5.41, 5.74) is 19.6. The number of benzene rings is 9. The van der Waals surface area contributed by atoms with Gasteiger partial charge in [-0.25, -0.2) is 0 Å². The molecule has 12 rings (SSSR count). The maximum absolute atomic E-state index is 6.69. The monoisotopic (exact) mass is 711 g/mol. The van der Waals surface area contributed by atoms with Crippen molar-refractivity contribution in [3.8, 4) is 72.4 Å². The van der Waals surface area contributed by atoms with Gasteiger partial charge in [0.05, 0.1) is 11.0 Å². The van der Waals surface area contributed by atoms with Gasteiger partial charge in [-0.1, -0.05) is 164 Å². The Labute approximate surface area is 324 Å². The number of aromatic nitrogens is 1. The van der Waals surface area contributed by atoms with E-state index >= 15 is 0 Å². The van der Waals surface area contributed by atoms with Gasteiger partial charge in [0.15, 0.2) is 0 Å². The zero-order valence-electron chi connectivity index (χ0n) is 30.4. The molecule has 9 aromatic carbocycles. The molecule has 2 heteroatoms. The molecule has 0 radical (unpaired) electrons. The van der Waals surface area contributed by atoms with Crippen LogP contribution in [-0.2, 0) is 0 Å². The Hall–Kier alpha value is -7.42. The summed E-state index contributed by atoms with van der Waals surface area (Å²) >= 11 is 0. The van der Waals surface area contributed by atoms with E-state index in [0.717, 1.165) is 44.3 Å². The first-order chi connectivity index (χ1) is 27.8. The number of fused-ring (bicyclic) bond motifs is 14. The van der Waals surface area contributed by atoms with Crippen LogP contribution in [0.5, 0.6) is 0 Å². The lowest BCUT2D eigenvalue weighted by atomic mass is 9.78. The quantitative estimate of drug-likeness (QED) is 0.178. The lowest BCUT2D eigenvalue weighted by Crippen LogP contribution is -2.00. The molecule has 0 N–H and O–H groups in total. The van der Waals surface area contributed by atoms with Crippen LogP contribution in [0.15, 0.2) is 205 Å². The standard InChI is InChI=1S/C54H33NO/c1-2-16-40-39(15-1)41-17-3-4-18-43(41)48-26-13-24-37(53(48)47-23-6-5-19-42(40)47)34-31-35(38-25-14-27-49-46-22-9-12-30-52(46)56-54(38)49)33-36(32-34)55-50-28-10-7-20-44(50)45-21-8-11-29-51(45)55/h1-33H. The number of hydrogen-bond acceptors (Lipinski definition) is 1. The minimum atomic E-state index is 0.897. The predicted octanol–water partition coefficient (Wildman–Crippen LogP) is 15.0. The van der Waals surface area contributed by atoms with E-state index < -0.39 is 0 Å². The summed E-state index contributed by atoms with van der Waals surface area (Å²) in [6.07, 6.45) is 0. The molecule has 1 aliphatic carbocycles. The van der Waals surface area contributed by atoms with Crippen LogP contribution in [-0.4, -0.2) is 4.57 Å². The molecule has 0 saturated carbocycles. The molecule has 11 aromatic rings. The van der Waals surface area contributed by atoms with E-state index in [1.807, 2.05) is 6.07 Å². The highest BCUT2D eigenvalue weighted by Gasteiger charge is 2.25. The number of rotatable bonds is 3. The second kappa shape index (κ2) is 12.0. The Kier molecular flexibility index (Phi) is 6.66. The van der Waals surface area contributed by atoms with Crippen molar-refractivity contribution >= 4 is 43.7 Å². The summed E-state index contributed by atoms with van der Waals surface area (Å²) in [5.74, 6) is 0. The van der Waals surface area contributed by atoms with E-state index in [-0.39, 0.29) is 0 Å². The van der Waals surface area contributed by atoms with Crippen molar-refractivity contribution in [1.29, 1.82) is 0 Å². The van der Waals surface area contributed by atoms with E-state index in [1.54, 1.807) is 0 Å². The van der Waals surface area contributed by atoms with Crippen molar-refractivity contribution in [2.45, 2.75) is 0 Å². The van der Waals surface area contributed by atoms with Gasteiger partial charge in [-0.2, -0.15) is 0 Å². The number of furan rings is 1. The summed E-state index contributed by atoms with van der Waals surface area (Å²) in [4.78, 5) is 0. The molecule has 0 atom stereocenters. The summed E-state index contributed by atoms with van der Waals surface area (Å²) in [7, 11) is 0. The van der Waals surface area contributed by atoms with Crippen LogP contribution in [0.2, 0.25) is 0 Å². The third-order valence-corrected chi connectivity index (χ3v) is 11.8. The molecular weight excluding hydrogens is 679 g/mol. The maximum atomic E-state index is 6.69. The fourth-order valence-electron chi connectivity index (χ4n) is 9.38. The molecule has 2 aromatic heterocycles. The van der Waals surface area contributed by atoms with Gasteiger partial charge in [0, 0.05) is 32.8 Å². The first-order valence-corrected chi connectivity index (χ1v) is 19.3. The lowest BCUT2D eigenvalue weighted by Gasteiger charge is -2.25. The van der Waals surface area contributed by atoms with E-state index in [9.17, 15) is 0 Å². The molecule has 260 valence electrons. The SMILES string of the molecule is c1ccc2c(c1)-c1ccccc1-c1cccc(-c3cc(-c4cccc5c4oc4ccccc45)cc(-n4c5ccccc5c5ccccc54)c3)c1-c1ccccc1-2. The van der Waals surface area contributed by atoms with Crippen LogP contribution >= 0.6 is 0 Å². The summed E-state index contributed by atoms with van der Waals surface area (Å²) in [6, 6.07) is 73.0. The zero-order valence-corrected chi connectivity index (χ0v) is 30.4. The molecule has 2 heterocycles. The molecular formula is C54H33NO. The van der Waals surface area contributed by atoms with Crippen molar-refractivity contribution in [3.05, 3.63) is 200 Å². The van der Waals surface area contributed by atoms with Crippen LogP contribution in [0, 0.1) is 0 Å². The third kappa shape index (κ3) is 4.50. The minimum Gasteiger partial charge on any atom is -0.455 e. The number of nitrogens with zero attached hydrogens (tertiary/aromatic N) is 1. The molecule has 0 amide bonds. The summed E-state index contributed by atoms with van der Waals surface area (Å²) in [5, 5.41) is 4.73. The van der Waals surface area contributed by atoms with Gasteiger partial charge in [0.2, 0.25) is 0 Å². The highest BCUT2D eigenvalue weighted by atomic mass is 16.3. The predicted molar refractivity (Wildman–Crippen MR) is 234 cm³/mol. The average molecular weight is 712 g/mol. The van der Waals surface area contributed by atoms with Crippen LogP contribution in [0.25, 0.3) is 116 Å². The van der Waals surface area contributed by atoms with Crippen LogP contribution in [0.4, 0.5) is 0 Å². The molecule has 1 aliphatic rings. The van der Waals surface area contributed by atoms with Crippen molar-refractivity contribution < 1.29 is 4.42 Å². The van der Waals surface area contributed by atoms with Crippen molar-refractivity contribution in [1.82, 2.24) is 4.57 Å². The number of hydrogen-bond donors (Lipinski definition) is 0. The summed E-state index contributed by atoms with van der Waals surface area (Å²) in [6.45, 7) is 0. The van der Waals surface area contributed by atoms with Crippen LogP contribution < -0.4 is 0 Å². The van der Waals surface area contributed by atoms with E-state index in [1.165, 1.54) is 71.9 Å². The van der Waals surface area contributed by atoms with Gasteiger partial charge >= 0.3 is 0 Å². The van der Waals surface area contributed by atoms with Crippen molar-refractivity contribution in [2.24, 2.45) is 0 Å². The molecule has 2 nitrogen and oxygen atoms in total. The Morgan fingerprint density at radius 1 is 0.304 bits per heavy atom. The molecule has 0 unspecified atom stereocenters. The van der Waals surface area contributed by atoms with Gasteiger partial charge in [0.1, 0.15) is 11.2 Å². The highest BCUT2D eigenvalue weighted by molar-refractivity contribution is 6.12. The van der Waals surface area contributed by atoms with Crippen LogP contribution in [0.1, 0.15) is 0 Å². The van der Waals surface area contributed by atoms with E-state index in [4.69, 9.17) is 4.42 Å². The average Bonchev–Trinajstić information content (AvgIpc) is 3.82. The molecule has 0 bridgehead atoms. The van der Waals surface area contributed by atoms with Gasteiger partial charge in [0.25, 0.3) is 0 Å². The Morgan fingerprint density at radius 3 is 1.39 bits per heavy atom. The topological polar surface area (TPSA) is 18.1 Å². The fourth-order valence-corrected chi connectivity index (χ4v) is 9.38. The van der Waals surface area contributed by atoms with Crippen molar-refractivity contribution in [3.63, 3.8) is 0 Å². The first kappa shape index (κ1) is 31.0. The normalized spacial score (nSPS) is 11.9. The second-order valence-corrected chi connectivity index (χ2v) is 14.8. The van der Waals surface area contributed by atoms with E-state index in [0.29, 0.717) is 0 Å². The Morgan fingerprint density at radius 2 is 0.732 bits per heavy atom. The largest absolute Gasteiger partial charge is 0.455 e. The van der Waals surface area contributed by atoms with Crippen molar-refractivity contribution in [2.75, 3.05) is 0 Å². The smallest absolute Gasteiger partial charge is 0.143 e. The maximum Gasteiger partial charge on any atom is 0.143 e. The molecule has 0 aliphatic heterocycles. The Balaban J connectivity index is 1.21. The third-order valence-electron chi connectivity index (χ3n) is 11.8. The second-order valence-electron chi connectivity index (χ2n) is 14.8. The molecule has 0 spiro atoms. The summed E-state index contributed by atoms with van der Waals surface area (Å²) < 4.78 is 9.12. The van der Waals surface area contributed by atoms with E-state index in [2.05, 4.69) is 199 Å². The van der Waals surface area contributed by atoms with Crippen LogP contribution in [0.3, 0.4) is 0 Å². The molecule has 0 saturated heterocycles. The lowest BCUT2D eigenvalue weighted by molar-refractivity contribution is 0.670. The number of para-hydroxylation sites is 4. The highest BCUT2D eigenvalue weighted by Crippen LogP contribution is 2.51. The van der Waals surface area contributed by atoms with Gasteiger partial charge in [-0.3, -0.25) is 0 Å². The fraction of sp³-hybridized carbons (Fsp3) is 0. The zero-order chi connectivity index (χ0) is 36.7.